The summed E-state index contributed by atoms with van der Waals surface area (Å²) in [7, 11) is 0. The van der Waals surface area contributed by atoms with E-state index in [0.29, 0.717) is 11.3 Å². The van der Waals surface area contributed by atoms with Crippen molar-refractivity contribution < 1.29 is 19.5 Å². The summed E-state index contributed by atoms with van der Waals surface area (Å²) in [5, 5.41) is 9.05. The molecule has 0 spiro atoms. The smallest absolute Gasteiger partial charge is 0.335 e. The Morgan fingerprint density at radius 2 is 1.71 bits per heavy atom. The number of aromatic carboxylic acids is 1. The first-order valence-electron chi connectivity index (χ1n) is 7.22. The molecule has 2 unspecified atom stereocenters. The highest BCUT2D eigenvalue weighted by Crippen LogP contribution is 2.40. The molecule has 2 amide bonds. The summed E-state index contributed by atoms with van der Waals surface area (Å²) in [5.41, 5.74) is 1.23. The molecule has 5 heteroatoms. The van der Waals surface area contributed by atoms with Gasteiger partial charge in [-0.15, -0.1) is 0 Å². The molecule has 3 rings (SSSR count). The van der Waals surface area contributed by atoms with Crippen molar-refractivity contribution in [2.45, 2.75) is 32.6 Å². The highest BCUT2D eigenvalue weighted by Gasteiger charge is 2.48. The summed E-state index contributed by atoms with van der Waals surface area (Å²) < 4.78 is 0. The van der Waals surface area contributed by atoms with Crippen molar-refractivity contribution in [3.05, 3.63) is 29.3 Å². The molecule has 0 aromatic heterocycles. The minimum Gasteiger partial charge on any atom is -0.478 e. The number of carbonyl (C=O) groups excluding carboxylic acids is 2. The lowest BCUT2D eigenvalue weighted by Crippen LogP contribution is -2.31. The topological polar surface area (TPSA) is 74.7 Å². The molecule has 2 fully saturated rings. The van der Waals surface area contributed by atoms with Crippen LogP contribution in [0.3, 0.4) is 0 Å². The molecule has 1 heterocycles. The minimum absolute atomic E-state index is 0.132. The van der Waals surface area contributed by atoms with Crippen LogP contribution in [0.5, 0.6) is 0 Å². The summed E-state index contributed by atoms with van der Waals surface area (Å²) in [6.07, 6.45) is 3.53. The lowest BCUT2D eigenvalue weighted by atomic mass is 9.81. The van der Waals surface area contributed by atoms with Crippen molar-refractivity contribution in [1.82, 2.24) is 0 Å². The Morgan fingerprint density at radius 1 is 1.14 bits per heavy atom. The van der Waals surface area contributed by atoms with E-state index in [9.17, 15) is 14.4 Å². The van der Waals surface area contributed by atoms with Crippen LogP contribution >= 0.6 is 0 Å². The van der Waals surface area contributed by atoms with Gasteiger partial charge in [-0.1, -0.05) is 12.8 Å². The van der Waals surface area contributed by atoms with Gasteiger partial charge in [-0.2, -0.15) is 0 Å². The van der Waals surface area contributed by atoms with Gasteiger partial charge in [0.25, 0.3) is 0 Å². The van der Waals surface area contributed by atoms with E-state index in [1.54, 1.807) is 19.1 Å². The molecule has 2 atom stereocenters. The van der Waals surface area contributed by atoms with E-state index in [4.69, 9.17) is 5.11 Å². The van der Waals surface area contributed by atoms with Crippen molar-refractivity contribution in [2.24, 2.45) is 11.8 Å². The van der Waals surface area contributed by atoms with Crippen LogP contribution < -0.4 is 4.90 Å². The number of nitrogens with zero attached hydrogens (tertiary/aromatic N) is 1. The van der Waals surface area contributed by atoms with Crippen LogP contribution in [0.2, 0.25) is 0 Å². The molecule has 110 valence electrons. The predicted octanol–water partition coefficient (Wildman–Crippen LogP) is 2.37. The van der Waals surface area contributed by atoms with Crippen LogP contribution in [0, 0.1) is 18.8 Å². The number of carbonyl (C=O) groups is 3. The fourth-order valence-corrected chi connectivity index (χ4v) is 3.44. The fourth-order valence-electron chi connectivity index (χ4n) is 3.44. The molecule has 1 N–H and O–H groups in total. The normalized spacial score (nSPS) is 25.1. The summed E-state index contributed by atoms with van der Waals surface area (Å²) in [6.45, 7) is 1.67. The first kappa shape index (κ1) is 13.8. The summed E-state index contributed by atoms with van der Waals surface area (Å²) >= 11 is 0. The summed E-state index contributed by atoms with van der Waals surface area (Å²) in [5.74, 6) is -1.65. The first-order chi connectivity index (χ1) is 10.0. The molecule has 0 bridgehead atoms. The van der Waals surface area contributed by atoms with Crippen molar-refractivity contribution in [3.63, 3.8) is 0 Å². The number of benzene rings is 1. The lowest BCUT2D eigenvalue weighted by Gasteiger charge is -2.19. The number of fused-ring (bicyclic) bond motifs is 1. The zero-order chi connectivity index (χ0) is 15.1. The van der Waals surface area contributed by atoms with Crippen LogP contribution in [-0.4, -0.2) is 22.9 Å². The number of aryl methyl sites for hydroxylation is 1. The van der Waals surface area contributed by atoms with E-state index >= 15 is 0 Å². The molecule has 5 nitrogen and oxygen atoms in total. The van der Waals surface area contributed by atoms with Crippen molar-refractivity contribution in [1.29, 1.82) is 0 Å². The maximum atomic E-state index is 12.5. The van der Waals surface area contributed by atoms with Gasteiger partial charge in [0.1, 0.15) is 0 Å². The largest absolute Gasteiger partial charge is 0.478 e. The van der Waals surface area contributed by atoms with Gasteiger partial charge in [-0.3, -0.25) is 14.5 Å². The van der Waals surface area contributed by atoms with Gasteiger partial charge in [0, 0.05) is 0 Å². The highest BCUT2D eigenvalue weighted by molar-refractivity contribution is 6.22. The molecule has 2 aliphatic rings. The maximum absolute atomic E-state index is 12.5. The van der Waals surface area contributed by atoms with E-state index in [1.807, 2.05) is 0 Å². The second-order valence-electron chi connectivity index (χ2n) is 5.81. The van der Waals surface area contributed by atoms with E-state index in [2.05, 4.69) is 0 Å². The Hall–Kier alpha value is -2.17. The zero-order valence-corrected chi connectivity index (χ0v) is 11.8. The number of carboxylic acids is 1. The number of rotatable bonds is 2. The monoisotopic (exact) mass is 287 g/mol. The van der Waals surface area contributed by atoms with Crippen LogP contribution in [-0.2, 0) is 9.59 Å². The Kier molecular flexibility index (Phi) is 3.27. The van der Waals surface area contributed by atoms with E-state index in [-0.39, 0.29) is 29.2 Å². The van der Waals surface area contributed by atoms with Gasteiger partial charge >= 0.3 is 5.97 Å². The Bertz CT molecular complexity index is 613. The molecule has 1 saturated carbocycles. The molecule has 1 aromatic carbocycles. The third-order valence-electron chi connectivity index (χ3n) is 4.54. The predicted molar refractivity (Wildman–Crippen MR) is 76.1 cm³/mol. The maximum Gasteiger partial charge on any atom is 0.335 e. The van der Waals surface area contributed by atoms with Gasteiger partial charge < -0.3 is 5.11 Å². The average Bonchev–Trinajstić information content (AvgIpc) is 2.71. The molecular weight excluding hydrogens is 270 g/mol. The molecule has 0 radical (unpaired) electrons. The van der Waals surface area contributed by atoms with Crippen molar-refractivity contribution >= 4 is 23.5 Å². The lowest BCUT2D eigenvalue weighted by molar-refractivity contribution is -0.122. The molecule has 21 heavy (non-hydrogen) atoms. The Labute approximate surface area is 122 Å². The van der Waals surface area contributed by atoms with Gasteiger partial charge in [0.15, 0.2) is 0 Å². The van der Waals surface area contributed by atoms with Gasteiger partial charge in [-0.05, 0) is 43.5 Å². The van der Waals surface area contributed by atoms with Crippen LogP contribution in [0.1, 0.15) is 41.6 Å². The number of imide groups is 1. The van der Waals surface area contributed by atoms with Crippen molar-refractivity contribution in [3.8, 4) is 0 Å². The van der Waals surface area contributed by atoms with Crippen LogP contribution in [0.15, 0.2) is 18.2 Å². The molecule has 1 saturated heterocycles. The molecule has 1 aromatic rings. The molecular formula is C16H17NO4. The third-order valence-corrected chi connectivity index (χ3v) is 4.54. The minimum atomic E-state index is -1.01. The van der Waals surface area contributed by atoms with E-state index in [0.717, 1.165) is 25.7 Å². The van der Waals surface area contributed by atoms with Gasteiger partial charge in [0.05, 0.1) is 23.1 Å². The first-order valence-corrected chi connectivity index (χ1v) is 7.22. The quantitative estimate of drug-likeness (QED) is 0.847. The summed E-state index contributed by atoms with van der Waals surface area (Å²) in [4.78, 5) is 37.2. The van der Waals surface area contributed by atoms with Crippen LogP contribution in [0.25, 0.3) is 0 Å². The number of anilines is 1. The number of amides is 2. The Balaban J connectivity index is 1.97. The zero-order valence-electron chi connectivity index (χ0n) is 11.8. The second kappa shape index (κ2) is 4.98. The van der Waals surface area contributed by atoms with Gasteiger partial charge in [0.2, 0.25) is 11.8 Å². The summed E-state index contributed by atoms with van der Waals surface area (Å²) in [6, 6.07) is 4.61. The van der Waals surface area contributed by atoms with E-state index in [1.165, 1.54) is 11.0 Å². The van der Waals surface area contributed by atoms with Gasteiger partial charge in [-0.25, -0.2) is 4.79 Å². The highest BCUT2D eigenvalue weighted by atomic mass is 16.4. The number of hydrogen-bond acceptors (Lipinski definition) is 3. The average molecular weight is 287 g/mol. The standard InChI is InChI=1S/C16H17NO4/c1-9-8-10(6-7-11(9)16(20)21)17-14(18)12-4-2-3-5-13(12)15(17)19/h6-8,12-13H,2-5H2,1H3,(H,20,21). The third kappa shape index (κ3) is 2.13. The van der Waals surface area contributed by atoms with Crippen molar-refractivity contribution in [2.75, 3.05) is 4.90 Å². The molecule has 1 aliphatic carbocycles. The second-order valence-corrected chi connectivity index (χ2v) is 5.81. The SMILES string of the molecule is Cc1cc(N2C(=O)C3CCCCC3C2=O)ccc1C(=O)O. The number of hydrogen-bond donors (Lipinski definition) is 1. The van der Waals surface area contributed by atoms with E-state index < -0.39 is 5.97 Å². The molecule has 1 aliphatic heterocycles. The number of carboxylic acid groups (broad SMARTS) is 1. The fraction of sp³-hybridized carbons (Fsp3) is 0.438. The van der Waals surface area contributed by atoms with Crippen LogP contribution in [0.4, 0.5) is 5.69 Å². The Morgan fingerprint density at radius 3 is 2.19 bits per heavy atom.